The van der Waals surface area contributed by atoms with Crippen LogP contribution < -0.4 is 10.1 Å². The van der Waals surface area contributed by atoms with Crippen molar-refractivity contribution in [1.29, 1.82) is 0 Å². The highest BCUT2D eigenvalue weighted by Crippen LogP contribution is 2.18. The van der Waals surface area contributed by atoms with Crippen molar-refractivity contribution in [1.82, 2.24) is 10.2 Å². The van der Waals surface area contributed by atoms with Gasteiger partial charge in [-0.05, 0) is 38.2 Å². The smallest absolute Gasteiger partial charge is 0.250 e. The Morgan fingerprint density at radius 1 is 1.35 bits per heavy atom. The molecule has 1 aromatic rings. The SMILES string of the molecule is CCN(CC)C(=S)NC(=O)/C=C/c1ccccc1OC. The average molecular weight is 292 g/mol. The largest absolute Gasteiger partial charge is 0.496 e. The molecule has 0 aliphatic carbocycles. The van der Waals surface area contributed by atoms with E-state index in [0.29, 0.717) is 5.11 Å². The molecule has 0 aliphatic rings. The molecular weight excluding hydrogens is 272 g/mol. The van der Waals surface area contributed by atoms with Gasteiger partial charge in [0.25, 0.3) is 0 Å². The first-order chi connectivity index (χ1) is 9.62. The van der Waals surface area contributed by atoms with Crippen LogP contribution in [0, 0.1) is 0 Å². The monoisotopic (exact) mass is 292 g/mol. The molecule has 0 spiro atoms. The Morgan fingerprint density at radius 2 is 2.00 bits per heavy atom. The molecule has 0 fully saturated rings. The summed E-state index contributed by atoms with van der Waals surface area (Å²) in [5.74, 6) is 0.482. The lowest BCUT2D eigenvalue weighted by atomic mass is 10.2. The number of ether oxygens (including phenoxy) is 1. The van der Waals surface area contributed by atoms with Gasteiger partial charge in [-0.3, -0.25) is 10.1 Å². The summed E-state index contributed by atoms with van der Waals surface area (Å²) in [6, 6.07) is 7.50. The molecule has 0 saturated heterocycles. The van der Waals surface area contributed by atoms with Crippen LogP contribution in [0.1, 0.15) is 19.4 Å². The van der Waals surface area contributed by atoms with Crippen LogP contribution >= 0.6 is 12.2 Å². The summed E-state index contributed by atoms with van der Waals surface area (Å²) in [5, 5.41) is 3.13. The lowest BCUT2D eigenvalue weighted by Gasteiger charge is -2.21. The molecule has 0 bridgehead atoms. The number of carbonyl (C=O) groups excluding carboxylic acids is 1. The Labute approximate surface area is 125 Å². The summed E-state index contributed by atoms with van der Waals surface area (Å²) in [4.78, 5) is 13.7. The second-order valence-corrected chi connectivity index (χ2v) is 4.43. The second kappa shape index (κ2) is 8.32. The zero-order valence-corrected chi connectivity index (χ0v) is 12.9. The summed E-state index contributed by atoms with van der Waals surface area (Å²) in [6.07, 6.45) is 3.16. The van der Waals surface area contributed by atoms with E-state index in [4.69, 9.17) is 17.0 Å². The third-order valence-electron chi connectivity index (χ3n) is 2.83. The van der Waals surface area contributed by atoms with E-state index in [2.05, 4.69) is 5.32 Å². The molecule has 1 N–H and O–H groups in total. The zero-order chi connectivity index (χ0) is 15.0. The molecule has 0 radical (unpaired) electrons. The lowest BCUT2D eigenvalue weighted by molar-refractivity contribution is -0.115. The van der Waals surface area contributed by atoms with E-state index in [1.807, 2.05) is 43.0 Å². The van der Waals surface area contributed by atoms with Gasteiger partial charge in [0, 0.05) is 24.7 Å². The molecular formula is C15H20N2O2S. The van der Waals surface area contributed by atoms with Gasteiger partial charge >= 0.3 is 0 Å². The lowest BCUT2D eigenvalue weighted by Crippen LogP contribution is -2.41. The van der Waals surface area contributed by atoms with Gasteiger partial charge in [-0.15, -0.1) is 0 Å². The normalized spacial score (nSPS) is 10.3. The maximum absolute atomic E-state index is 11.8. The van der Waals surface area contributed by atoms with Crippen molar-refractivity contribution >= 4 is 29.3 Å². The Morgan fingerprint density at radius 3 is 2.60 bits per heavy atom. The molecule has 0 heterocycles. The summed E-state index contributed by atoms with van der Waals surface area (Å²) in [7, 11) is 1.60. The standard InChI is InChI=1S/C15H20N2O2S/c1-4-17(5-2)15(20)16-14(18)11-10-12-8-6-7-9-13(12)19-3/h6-11H,4-5H2,1-3H3,(H,16,18,20)/b11-10+. The topological polar surface area (TPSA) is 41.6 Å². The number of amides is 1. The number of hydrogen-bond acceptors (Lipinski definition) is 3. The number of hydrogen-bond donors (Lipinski definition) is 1. The molecule has 5 heteroatoms. The van der Waals surface area contributed by atoms with Crippen molar-refractivity contribution in [3.63, 3.8) is 0 Å². The average Bonchev–Trinajstić information content (AvgIpc) is 2.46. The van der Waals surface area contributed by atoms with E-state index in [1.165, 1.54) is 6.08 Å². The highest BCUT2D eigenvalue weighted by molar-refractivity contribution is 7.80. The second-order valence-electron chi connectivity index (χ2n) is 4.04. The number of nitrogens with one attached hydrogen (secondary N) is 1. The van der Waals surface area contributed by atoms with Crippen molar-refractivity contribution in [3.8, 4) is 5.75 Å². The third kappa shape index (κ3) is 4.66. The predicted molar refractivity (Wildman–Crippen MR) is 85.7 cm³/mol. The van der Waals surface area contributed by atoms with Crippen LogP contribution in [0.3, 0.4) is 0 Å². The van der Waals surface area contributed by atoms with Gasteiger partial charge in [0.1, 0.15) is 5.75 Å². The summed E-state index contributed by atoms with van der Waals surface area (Å²) in [6.45, 7) is 5.52. The van der Waals surface area contributed by atoms with Crippen LogP contribution in [0.4, 0.5) is 0 Å². The van der Waals surface area contributed by atoms with Crippen molar-refractivity contribution in [3.05, 3.63) is 35.9 Å². The van der Waals surface area contributed by atoms with Crippen LogP contribution in [0.25, 0.3) is 6.08 Å². The maximum atomic E-state index is 11.8. The highest BCUT2D eigenvalue weighted by Gasteiger charge is 2.07. The first-order valence-electron chi connectivity index (χ1n) is 6.53. The van der Waals surface area contributed by atoms with E-state index < -0.39 is 0 Å². The Bertz CT molecular complexity index is 496. The number of para-hydroxylation sites is 1. The van der Waals surface area contributed by atoms with E-state index in [-0.39, 0.29) is 5.91 Å². The van der Waals surface area contributed by atoms with E-state index in [9.17, 15) is 4.79 Å². The fourth-order valence-corrected chi connectivity index (χ4v) is 2.07. The van der Waals surface area contributed by atoms with E-state index in [0.717, 1.165) is 24.4 Å². The van der Waals surface area contributed by atoms with Gasteiger partial charge in [-0.25, -0.2) is 0 Å². The summed E-state index contributed by atoms with van der Waals surface area (Å²) >= 11 is 5.16. The number of benzene rings is 1. The molecule has 0 saturated carbocycles. The van der Waals surface area contributed by atoms with E-state index >= 15 is 0 Å². The van der Waals surface area contributed by atoms with Gasteiger partial charge in [-0.1, -0.05) is 18.2 Å². The van der Waals surface area contributed by atoms with Gasteiger partial charge in [-0.2, -0.15) is 0 Å². The fraction of sp³-hybridized carbons (Fsp3) is 0.333. The van der Waals surface area contributed by atoms with Crippen molar-refractivity contribution < 1.29 is 9.53 Å². The van der Waals surface area contributed by atoms with Gasteiger partial charge in [0.15, 0.2) is 5.11 Å². The number of nitrogens with zero attached hydrogens (tertiary/aromatic N) is 1. The number of rotatable bonds is 5. The highest BCUT2D eigenvalue weighted by atomic mass is 32.1. The Hall–Kier alpha value is -1.88. The van der Waals surface area contributed by atoms with Crippen LogP contribution in [-0.2, 0) is 4.79 Å². The molecule has 0 aliphatic heterocycles. The van der Waals surface area contributed by atoms with Gasteiger partial charge < -0.3 is 9.64 Å². The van der Waals surface area contributed by atoms with Gasteiger partial charge in [0.05, 0.1) is 7.11 Å². The van der Waals surface area contributed by atoms with Crippen molar-refractivity contribution in [2.75, 3.05) is 20.2 Å². The molecule has 0 atom stereocenters. The van der Waals surface area contributed by atoms with Gasteiger partial charge in [0.2, 0.25) is 5.91 Å². The first-order valence-corrected chi connectivity index (χ1v) is 6.94. The van der Waals surface area contributed by atoms with Crippen molar-refractivity contribution in [2.24, 2.45) is 0 Å². The molecule has 108 valence electrons. The quantitative estimate of drug-likeness (QED) is 0.668. The van der Waals surface area contributed by atoms with Crippen LogP contribution in [-0.4, -0.2) is 36.1 Å². The van der Waals surface area contributed by atoms with E-state index in [1.54, 1.807) is 13.2 Å². The van der Waals surface area contributed by atoms with Crippen LogP contribution in [0.15, 0.2) is 30.3 Å². The molecule has 4 nitrogen and oxygen atoms in total. The minimum absolute atomic E-state index is 0.243. The minimum atomic E-state index is -0.243. The predicted octanol–water partition coefficient (Wildman–Crippen LogP) is 2.45. The number of methoxy groups -OCH3 is 1. The maximum Gasteiger partial charge on any atom is 0.250 e. The molecule has 1 amide bonds. The summed E-state index contributed by atoms with van der Waals surface area (Å²) in [5.41, 5.74) is 0.846. The Kier molecular flexibility index (Phi) is 6.73. The number of carbonyl (C=O) groups is 1. The minimum Gasteiger partial charge on any atom is -0.496 e. The molecule has 1 aromatic carbocycles. The first kappa shape index (κ1) is 16.2. The molecule has 1 rings (SSSR count). The number of thiocarbonyl (C=S) groups is 1. The molecule has 20 heavy (non-hydrogen) atoms. The van der Waals surface area contributed by atoms with Crippen LogP contribution in [0.2, 0.25) is 0 Å². The fourth-order valence-electron chi connectivity index (χ4n) is 1.71. The van der Waals surface area contributed by atoms with Crippen LogP contribution in [0.5, 0.6) is 5.75 Å². The summed E-state index contributed by atoms with van der Waals surface area (Å²) < 4.78 is 5.21. The molecule has 0 aromatic heterocycles. The zero-order valence-electron chi connectivity index (χ0n) is 12.1. The molecule has 0 unspecified atom stereocenters. The van der Waals surface area contributed by atoms with Crippen molar-refractivity contribution in [2.45, 2.75) is 13.8 Å². The third-order valence-corrected chi connectivity index (χ3v) is 3.19. The Balaban J connectivity index is 2.66.